The molecule has 0 aliphatic carbocycles. The Morgan fingerprint density at radius 2 is 1.04 bits per heavy atom. The Morgan fingerprint density at radius 1 is 0.615 bits per heavy atom. The summed E-state index contributed by atoms with van der Waals surface area (Å²) in [5.74, 6) is 0. The van der Waals surface area contributed by atoms with Gasteiger partial charge in [-0.15, -0.1) is 0 Å². The zero-order valence-corrected chi connectivity index (χ0v) is 15.2. The number of nitrogens with zero attached hydrogens (tertiary/aromatic N) is 1. The molecule has 0 radical (unpaired) electrons. The van der Waals surface area contributed by atoms with Crippen LogP contribution in [0.2, 0.25) is 0 Å². The van der Waals surface area contributed by atoms with Gasteiger partial charge in [0.25, 0.3) is 0 Å². The third-order valence-corrected chi connectivity index (χ3v) is 4.79. The largest absolute Gasteiger partial charge is 0.395 e. The van der Waals surface area contributed by atoms with Crippen molar-refractivity contribution in [1.82, 2.24) is 4.90 Å². The van der Waals surface area contributed by atoms with Gasteiger partial charge in [0.05, 0.1) is 6.61 Å². The molecule has 0 aliphatic rings. The first kappa shape index (κ1) is 18.4. The van der Waals surface area contributed by atoms with Gasteiger partial charge in [0.2, 0.25) is 0 Å². The molecule has 3 aromatic carbocycles. The van der Waals surface area contributed by atoms with Crippen LogP contribution < -0.4 is 0 Å². The van der Waals surface area contributed by atoms with Crippen LogP contribution >= 0.6 is 0 Å². The molecule has 0 bridgehead atoms. The molecule has 0 fully saturated rings. The third-order valence-electron chi connectivity index (χ3n) is 4.79. The smallest absolute Gasteiger partial charge is 0.0587 e. The summed E-state index contributed by atoms with van der Waals surface area (Å²) in [4.78, 5) is 2.40. The van der Waals surface area contributed by atoms with Gasteiger partial charge in [-0.1, -0.05) is 91.0 Å². The Morgan fingerprint density at radius 3 is 1.46 bits per heavy atom. The van der Waals surface area contributed by atoms with Crippen LogP contribution in [-0.2, 0) is 19.5 Å². The Labute approximate surface area is 156 Å². The second-order valence-corrected chi connectivity index (χ2v) is 6.74. The van der Waals surface area contributed by atoms with Crippen LogP contribution in [0.15, 0.2) is 91.0 Å². The number of aryl methyl sites for hydroxylation is 1. The molecule has 0 saturated heterocycles. The van der Waals surface area contributed by atoms with Gasteiger partial charge in [0.1, 0.15) is 0 Å². The lowest BCUT2D eigenvalue weighted by molar-refractivity contribution is 0.103. The molecular weight excluding hydrogens is 318 g/mol. The molecule has 1 N–H and O–H groups in total. The molecule has 0 aliphatic heterocycles. The molecule has 0 spiro atoms. The number of rotatable bonds is 9. The Kier molecular flexibility index (Phi) is 7.00. The molecule has 0 amide bonds. The van der Waals surface area contributed by atoms with E-state index in [9.17, 15) is 5.11 Å². The van der Waals surface area contributed by atoms with Crippen LogP contribution in [0.5, 0.6) is 0 Å². The second-order valence-electron chi connectivity index (χ2n) is 6.74. The molecule has 1 atom stereocenters. The maximum atomic E-state index is 10.1. The Balaban J connectivity index is 1.73. The maximum absolute atomic E-state index is 10.1. The minimum atomic E-state index is 0.135. The lowest BCUT2D eigenvalue weighted by atomic mass is 10.0. The summed E-state index contributed by atoms with van der Waals surface area (Å²) in [6.07, 6.45) is 1.92. The molecule has 26 heavy (non-hydrogen) atoms. The summed E-state index contributed by atoms with van der Waals surface area (Å²) in [6, 6.07) is 31.7. The predicted molar refractivity (Wildman–Crippen MR) is 108 cm³/mol. The normalized spacial score (nSPS) is 12.2. The first-order valence-electron chi connectivity index (χ1n) is 9.32. The van der Waals surface area contributed by atoms with Crippen LogP contribution in [0.25, 0.3) is 0 Å². The highest BCUT2D eigenvalue weighted by atomic mass is 16.3. The predicted octanol–water partition coefficient (Wildman–Crippen LogP) is 4.68. The van der Waals surface area contributed by atoms with Crippen molar-refractivity contribution < 1.29 is 5.11 Å². The molecule has 134 valence electrons. The molecule has 0 heterocycles. The van der Waals surface area contributed by atoms with E-state index in [1.165, 1.54) is 16.7 Å². The van der Waals surface area contributed by atoms with Crippen molar-refractivity contribution in [3.8, 4) is 0 Å². The van der Waals surface area contributed by atoms with E-state index in [1.54, 1.807) is 0 Å². The molecule has 0 saturated carbocycles. The quantitative estimate of drug-likeness (QED) is 0.608. The summed E-state index contributed by atoms with van der Waals surface area (Å²) in [5, 5.41) is 10.1. The van der Waals surface area contributed by atoms with Crippen molar-refractivity contribution in [3.63, 3.8) is 0 Å². The molecular formula is C24H27NO. The minimum absolute atomic E-state index is 0.135. The number of aliphatic hydroxyl groups excluding tert-OH is 1. The second kappa shape index (κ2) is 9.91. The highest BCUT2D eigenvalue weighted by molar-refractivity contribution is 5.18. The van der Waals surface area contributed by atoms with E-state index < -0.39 is 0 Å². The zero-order valence-electron chi connectivity index (χ0n) is 15.2. The summed E-state index contributed by atoms with van der Waals surface area (Å²) in [5.41, 5.74) is 3.88. The monoisotopic (exact) mass is 345 g/mol. The first-order valence-corrected chi connectivity index (χ1v) is 9.32. The van der Waals surface area contributed by atoms with Gasteiger partial charge in [0, 0.05) is 19.1 Å². The van der Waals surface area contributed by atoms with E-state index in [0.29, 0.717) is 0 Å². The zero-order chi connectivity index (χ0) is 18.0. The topological polar surface area (TPSA) is 23.5 Å². The lowest BCUT2D eigenvalue weighted by Crippen LogP contribution is -2.37. The van der Waals surface area contributed by atoms with E-state index in [1.807, 2.05) is 18.2 Å². The van der Waals surface area contributed by atoms with Gasteiger partial charge >= 0.3 is 0 Å². The van der Waals surface area contributed by atoms with Gasteiger partial charge in [-0.05, 0) is 29.5 Å². The van der Waals surface area contributed by atoms with Crippen LogP contribution in [0.4, 0.5) is 0 Å². The molecule has 3 aromatic rings. The molecule has 0 unspecified atom stereocenters. The van der Waals surface area contributed by atoms with Gasteiger partial charge < -0.3 is 5.11 Å². The van der Waals surface area contributed by atoms with Gasteiger partial charge in [-0.2, -0.15) is 0 Å². The van der Waals surface area contributed by atoms with Crippen molar-refractivity contribution in [2.75, 3.05) is 6.61 Å². The van der Waals surface area contributed by atoms with Crippen molar-refractivity contribution in [2.24, 2.45) is 0 Å². The lowest BCUT2D eigenvalue weighted by Gasteiger charge is -2.31. The number of hydrogen-bond acceptors (Lipinski definition) is 2. The van der Waals surface area contributed by atoms with Crippen LogP contribution in [0.1, 0.15) is 23.1 Å². The van der Waals surface area contributed by atoms with Crippen molar-refractivity contribution in [3.05, 3.63) is 108 Å². The van der Waals surface area contributed by atoms with Gasteiger partial charge in [0.15, 0.2) is 0 Å². The fourth-order valence-electron chi connectivity index (χ4n) is 3.32. The number of hydrogen-bond donors (Lipinski definition) is 1. The average molecular weight is 345 g/mol. The minimum Gasteiger partial charge on any atom is -0.395 e. The van der Waals surface area contributed by atoms with E-state index in [2.05, 4.69) is 77.7 Å². The van der Waals surface area contributed by atoms with Gasteiger partial charge in [-0.25, -0.2) is 0 Å². The van der Waals surface area contributed by atoms with E-state index in [-0.39, 0.29) is 12.6 Å². The molecule has 2 nitrogen and oxygen atoms in total. The Hall–Kier alpha value is -2.42. The number of aliphatic hydroxyl groups is 1. The SMILES string of the molecule is OC[C@H](CCc1ccccc1)N(Cc1ccccc1)Cc1ccccc1. The van der Waals surface area contributed by atoms with Crippen molar-refractivity contribution in [1.29, 1.82) is 0 Å². The first-order chi connectivity index (χ1) is 12.8. The van der Waals surface area contributed by atoms with E-state index >= 15 is 0 Å². The standard InChI is InChI=1S/C24H27NO/c26-20-24(17-16-21-10-4-1-5-11-21)25(18-22-12-6-2-7-13-22)19-23-14-8-3-9-15-23/h1-15,24,26H,16-20H2/t24-/m0/s1. The van der Waals surface area contributed by atoms with Gasteiger partial charge in [-0.3, -0.25) is 4.90 Å². The van der Waals surface area contributed by atoms with E-state index in [0.717, 1.165) is 25.9 Å². The van der Waals surface area contributed by atoms with Crippen LogP contribution in [-0.4, -0.2) is 22.7 Å². The molecule has 2 heteroatoms. The summed E-state index contributed by atoms with van der Waals surface area (Å²) in [7, 11) is 0. The van der Waals surface area contributed by atoms with Crippen LogP contribution in [0, 0.1) is 0 Å². The average Bonchev–Trinajstić information content (AvgIpc) is 2.71. The van der Waals surface area contributed by atoms with E-state index in [4.69, 9.17) is 0 Å². The maximum Gasteiger partial charge on any atom is 0.0587 e. The number of benzene rings is 3. The third kappa shape index (κ3) is 5.55. The summed E-state index contributed by atoms with van der Waals surface area (Å²) in [6.45, 7) is 1.86. The summed E-state index contributed by atoms with van der Waals surface area (Å²) < 4.78 is 0. The van der Waals surface area contributed by atoms with Crippen LogP contribution in [0.3, 0.4) is 0 Å². The highest BCUT2D eigenvalue weighted by Crippen LogP contribution is 2.17. The summed E-state index contributed by atoms with van der Waals surface area (Å²) >= 11 is 0. The molecule has 0 aromatic heterocycles. The Bertz CT molecular complexity index is 701. The van der Waals surface area contributed by atoms with Crippen molar-refractivity contribution in [2.45, 2.75) is 32.0 Å². The fraction of sp³-hybridized carbons (Fsp3) is 0.250. The highest BCUT2D eigenvalue weighted by Gasteiger charge is 2.18. The van der Waals surface area contributed by atoms with Crippen molar-refractivity contribution >= 4 is 0 Å². The fourth-order valence-corrected chi connectivity index (χ4v) is 3.32. The molecule has 3 rings (SSSR count).